The highest BCUT2D eigenvalue weighted by Gasteiger charge is 2.04. The first-order chi connectivity index (χ1) is 9.10. The highest BCUT2D eigenvalue weighted by molar-refractivity contribution is 7.80. The summed E-state index contributed by atoms with van der Waals surface area (Å²) >= 11 is 11.1. The summed E-state index contributed by atoms with van der Waals surface area (Å²) in [4.78, 5) is 0.349. The van der Waals surface area contributed by atoms with Crippen LogP contribution in [-0.4, -0.2) is 4.99 Å². The average Bonchev–Trinajstić information content (AvgIpc) is 2.41. The first-order valence-corrected chi connectivity index (χ1v) is 6.84. The predicted octanol–water partition coefficient (Wildman–Crippen LogP) is 4.28. The number of anilines is 2. The van der Waals surface area contributed by atoms with E-state index in [1.807, 2.05) is 24.3 Å². The van der Waals surface area contributed by atoms with Gasteiger partial charge >= 0.3 is 0 Å². The van der Waals surface area contributed by atoms with Gasteiger partial charge in [-0.1, -0.05) is 42.9 Å². The van der Waals surface area contributed by atoms with Crippen LogP contribution in [0.4, 0.5) is 11.4 Å². The molecule has 0 saturated carbocycles. The van der Waals surface area contributed by atoms with Crippen molar-refractivity contribution in [3.63, 3.8) is 0 Å². The minimum Gasteiger partial charge on any atom is -0.389 e. The highest BCUT2D eigenvalue weighted by Crippen LogP contribution is 2.27. The van der Waals surface area contributed by atoms with Crippen LogP contribution in [-0.2, 0) is 6.42 Å². The standard InChI is InChI=1S/C15H15ClN2S/c1-2-10-4-3-5-12(8-10)18-14-7-6-11(15(17)19)9-13(14)16/h3-9,18H,2H2,1H3,(H2,17,19). The topological polar surface area (TPSA) is 38.0 Å². The van der Waals surface area contributed by atoms with Crippen molar-refractivity contribution in [3.8, 4) is 0 Å². The van der Waals surface area contributed by atoms with Crippen molar-refractivity contribution in [2.24, 2.45) is 5.73 Å². The molecule has 0 amide bonds. The first-order valence-electron chi connectivity index (χ1n) is 6.05. The lowest BCUT2D eigenvalue weighted by Gasteiger charge is -2.10. The van der Waals surface area contributed by atoms with E-state index in [1.54, 1.807) is 6.07 Å². The molecule has 0 aliphatic carbocycles. The van der Waals surface area contributed by atoms with Crippen molar-refractivity contribution in [2.75, 3.05) is 5.32 Å². The molecule has 2 aromatic carbocycles. The lowest BCUT2D eigenvalue weighted by atomic mass is 10.1. The van der Waals surface area contributed by atoms with Crippen molar-refractivity contribution in [1.82, 2.24) is 0 Å². The van der Waals surface area contributed by atoms with Gasteiger partial charge in [-0.05, 0) is 42.3 Å². The number of nitrogens with two attached hydrogens (primary N) is 1. The molecule has 0 radical (unpaired) electrons. The van der Waals surface area contributed by atoms with Crippen LogP contribution in [0.1, 0.15) is 18.1 Å². The molecule has 98 valence electrons. The van der Waals surface area contributed by atoms with Crippen LogP contribution >= 0.6 is 23.8 Å². The number of rotatable bonds is 4. The van der Waals surface area contributed by atoms with E-state index in [0.717, 1.165) is 23.4 Å². The van der Waals surface area contributed by atoms with Gasteiger partial charge in [-0.15, -0.1) is 0 Å². The number of nitrogens with one attached hydrogen (secondary N) is 1. The SMILES string of the molecule is CCc1cccc(Nc2ccc(C(N)=S)cc2Cl)c1. The molecule has 4 heteroatoms. The molecule has 0 fully saturated rings. The fraction of sp³-hybridized carbons (Fsp3) is 0.133. The normalized spacial score (nSPS) is 10.2. The maximum atomic E-state index is 6.22. The molecule has 0 heterocycles. The highest BCUT2D eigenvalue weighted by atomic mass is 35.5. The van der Waals surface area contributed by atoms with Crippen LogP contribution < -0.4 is 11.1 Å². The summed E-state index contributed by atoms with van der Waals surface area (Å²) in [6.07, 6.45) is 1.00. The minimum atomic E-state index is 0.349. The molecule has 0 bridgehead atoms. The third-order valence-electron chi connectivity index (χ3n) is 2.87. The van der Waals surface area contributed by atoms with Crippen molar-refractivity contribution in [1.29, 1.82) is 0 Å². The molecule has 3 N–H and O–H groups in total. The Morgan fingerprint density at radius 1 is 1.26 bits per heavy atom. The van der Waals surface area contributed by atoms with E-state index in [2.05, 4.69) is 24.4 Å². The summed E-state index contributed by atoms with van der Waals surface area (Å²) in [7, 11) is 0. The summed E-state index contributed by atoms with van der Waals surface area (Å²) in [5.74, 6) is 0. The van der Waals surface area contributed by atoms with Gasteiger partial charge in [0, 0.05) is 11.3 Å². The van der Waals surface area contributed by atoms with Gasteiger partial charge < -0.3 is 11.1 Å². The van der Waals surface area contributed by atoms with Gasteiger partial charge in [0.25, 0.3) is 0 Å². The van der Waals surface area contributed by atoms with E-state index in [0.29, 0.717) is 10.0 Å². The van der Waals surface area contributed by atoms with E-state index >= 15 is 0 Å². The third kappa shape index (κ3) is 3.46. The molecule has 0 saturated heterocycles. The van der Waals surface area contributed by atoms with Crippen LogP contribution in [0.25, 0.3) is 0 Å². The Hall–Kier alpha value is -1.58. The summed E-state index contributed by atoms with van der Waals surface area (Å²) < 4.78 is 0. The quantitative estimate of drug-likeness (QED) is 0.826. The smallest absolute Gasteiger partial charge is 0.104 e. The molecule has 0 unspecified atom stereocenters. The summed E-state index contributed by atoms with van der Waals surface area (Å²) in [6, 6.07) is 13.8. The predicted molar refractivity (Wildman–Crippen MR) is 86.4 cm³/mol. The average molecular weight is 291 g/mol. The van der Waals surface area contributed by atoms with Gasteiger partial charge in [0.2, 0.25) is 0 Å². The Kier molecular flexibility index (Phi) is 4.40. The number of hydrogen-bond donors (Lipinski definition) is 2. The Labute approximate surface area is 123 Å². The van der Waals surface area contributed by atoms with Gasteiger partial charge in [-0.3, -0.25) is 0 Å². The van der Waals surface area contributed by atoms with Gasteiger partial charge in [0.05, 0.1) is 10.7 Å². The second-order valence-corrected chi connectivity index (χ2v) is 5.08. The second-order valence-electron chi connectivity index (χ2n) is 4.24. The van der Waals surface area contributed by atoms with Gasteiger partial charge in [-0.25, -0.2) is 0 Å². The van der Waals surface area contributed by atoms with Crippen LogP contribution in [0.5, 0.6) is 0 Å². The second kappa shape index (κ2) is 6.04. The molecule has 0 aliphatic rings. The zero-order valence-corrected chi connectivity index (χ0v) is 12.2. The molecule has 0 atom stereocenters. The zero-order chi connectivity index (χ0) is 13.8. The maximum Gasteiger partial charge on any atom is 0.104 e. The Bertz CT molecular complexity index is 611. The summed E-state index contributed by atoms with van der Waals surface area (Å²) in [5.41, 5.74) is 9.49. The van der Waals surface area contributed by atoms with E-state index in [1.165, 1.54) is 5.56 Å². The van der Waals surface area contributed by atoms with Crippen molar-refractivity contribution >= 4 is 40.2 Å². The molecule has 0 aliphatic heterocycles. The van der Waals surface area contributed by atoms with E-state index < -0.39 is 0 Å². The summed E-state index contributed by atoms with van der Waals surface area (Å²) in [5, 5.41) is 3.90. The van der Waals surface area contributed by atoms with Crippen molar-refractivity contribution in [3.05, 3.63) is 58.6 Å². The lowest BCUT2D eigenvalue weighted by molar-refractivity contribution is 1.14. The van der Waals surface area contributed by atoms with Gasteiger partial charge in [-0.2, -0.15) is 0 Å². The number of hydrogen-bond acceptors (Lipinski definition) is 2. The molecule has 2 aromatic rings. The molecule has 2 nitrogen and oxygen atoms in total. The largest absolute Gasteiger partial charge is 0.389 e. The van der Waals surface area contributed by atoms with Crippen molar-refractivity contribution in [2.45, 2.75) is 13.3 Å². The fourth-order valence-corrected chi connectivity index (χ4v) is 2.15. The monoisotopic (exact) mass is 290 g/mol. The van der Waals surface area contributed by atoms with Crippen LogP contribution in [0.2, 0.25) is 5.02 Å². The Balaban J connectivity index is 2.25. The third-order valence-corrected chi connectivity index (χ3v) is 3.42. The Morgan fingerprint density at radius 2 is 2.05 bits per heavy atom. The lowest BCUT2D eigenvalue weighted by Crippen LogP contribution is -2.09. The molecule has 0 aromatic heterocycles. The maximum absolute atomic E-state index is 6.22. The van der Waals surface area contributed by atoms with Crippen LogP contribution in [0.15, 0.2) is 42.5 Å². The van der Waals surface area contributed by atoms with Crippen LogP contribution in [0, 0.1) is 0 Å². The number of halogens is 1. The first kappa shape index (κ1) is 13.8. The molecule has 0 spiro atoms. The number of benzene rings is 2. The molecule has 19 heavy (non-hydrogen) atoms. The fourth-order valence-electron chi connectivity index (χ4n) is 1.79. The molecular weight excluding hydrogens is 276 g/mol. The van der Waals surface area contributed by atoms with Gasteiger partial charge in [0.1, 0.15) is 4.99 Å². The Morgan fingerprint density at radius 3 is 2.68 bits per heavy atom. The van der Waals surface area contributed by atoms with E-state index in [9.17, 15) is 0 Å². The van der Waals surface area contributed by atoms with Gasteiger partial charge in [0.15, 0.2) is 0 Å². The van der Waals surface area contributed by atoms with E-state index in [4.69, 9.17) is 29.6 Å². The molecule has 2 rings (SSSR count). The van der Waals surface area contributed by atoms with Crippen LogP contribution in [0.3, 0.4) is 0 Å². The van der Waals surface area contributed by atoms with E-state index in [-0.39, 0.29) is 0 Å². The zero-order valence-electron chi connectivity index (χ0n) is 10.6. The summed E-state index contributed by atoms with van der Waals surface area (Å²) in [6.45, 7) is 2.13. The molecular formula is C15H15ClN2S. The minimum absolute atomic E-state index is 0.349. The number of aryl methyl sites for hydroxylation is 1. The van der Waals surface area contributed by atoms with Crippen molar-refractivity contribution < 1.29 is 0 Å². The number of thiocarbonyl (C=S) groups is 1.